The van der Waals surface area contributed by atoms with Gasteiger partial charge in [0.05, 0.1) is 47.8 Å². The molecule has 1 aliphatic carbocycles. The Kier molecular flexibility index (Phi) is 8.87. The Bertz CT molecular complexity index is 1270. The second-order valence-electron chi connectivity index (χ2n) is 10.8. The van der Waals surface area contributed by atoms with Crippen molar-refractivity contribution in [1.29, 1.82) is 5.26 Å². The fourth-order valence-electron chi connectivity index (χ4n) is 5.12. The minimum absolute atomic E-state index is 0.0121. The van der Waals surface area contributed by atoms with Gasteiger partial charge in [0.15, 0.2) is 0 Å². The van der Waals surface area contributed by atoms with Gasteiger partial charge in [-0.25, -0.2) is 0 Å². The number of hydrogen-bond donors (Lipinski definition) is 2. The molecule has 1 aromatic rings. The average Bonchev–Trinajstić information content (AvgIpc) is 3.24. The molecule has 0 spiro atoms. The van der Waals surface area contributed by atoms with Crippen molar-refractivity contribution in [2.24, 2.45) is 17.6 Å². The number of nitrogens with one attached hydrogen (secondary N) is 1. The first-order valence-electron chi connectivity index (χ1n) is 13.2. The Balaban J connectivity index is 1.42. The number of halogens is 3. The normalized spacial score (nSPS) is 21.6. The molecule has 0 bridgehead atoms. The summed E-state index contributed by atoms with van der Waals surface area (Å²) in [5.74, 6) is 5.37. The van der Waals surface area contributed by atoms with E-state index in [2.05, 4.69) is 39.2 Å². The minimum atomic E-state index is -4.38. The van der Waals surface area contributed by atoms with Gasteiger partial charge in [0.2, 0.25) is 5.91 Å². The highest BCUT2D eigenvalue weighted by atomic mass is 19.4. The molecule has 1 fully saturated rings. The van der Waals surface area contributed by atoms with Crippen LogP contribution < -0.4 is 11.1 Å². The van der Waals surface area contributed by atoms with Crippen LogP contribution in [0.15, 0.2) is 54.0 Å². The zero-order valence-corrected chi connectivity index (χ0v) is 22.7. The van der Waals surface area contributed by atoms with Crippen molar-refractivity contribution in [3.8, 4) is 17.9 Å². The van der Waals surface area contributed by atoms with Crippen molar-refractivity contribution in [3.63, 3.8) is 0 Å². The number of aromatic nitrogens is 1. The predicted octanol–water partition coefficient (Wildman–Crippen LogP) is 2.85. The molecule has 4 rings (SSSR count). The van der Waals surface area contributed by atoms with E-state index in [4.69, 9.17) is 5.73 Å². The number of piperazine rings is 1. The number of primary amides is 1. The van der Waals surface area contributed by atoms with Crippen molar-refractivity contribution in [2.45, 2.75) is 25.4 Å². The van der Waals surface area contributed by atoms with Crippen LogP contribution in [0.4, 0.5) is 18.9 Å². The van der Waals surface area contributed by atoms with E-state index in [-0.39, 0.29) is 30.8 Å². The second kappa shape index (κ2) is 12.2. The number of anilines is 1. The smallest absolute Gasteiger partial charge is 0.373 e. The molecule has 3 N–H and O–H groups in total. The van der Waals surface area contributed by atoms with Gasteiger partial charge in [-0.15, -0.1) is 0 Å². The van der Waals surface area contributed by atoms with Crippen LogP contribution in [0.3, 0.4) is 0 Å². The molecular weight excluding hydrogens is 519 g/mol. The number of allylic oxidation sites excluding steroid dienone is 4. The summed E-state index contributed by atoms with van der Waals surface area (Å²) in [6, 6.07) is 5.78. The zero-order valence-electron chi connectivity index (χ0n) is 22.7. The molecule has 1 saturated heterocycles. The zero-order chi connectivity index (χ0) is 28.9. The molecule has 1 aromatic heterocycles. The molecule has 212 valence electrons. The molecule has 11 heteroatoms. The third-order valence-corrected chi connectivity index (χ3v) is 7.30. The number of nitrogens with two attached hydrogens (primary N) is 1. The molecule has 2 unspecified atom stereocenters. The van der Waals surface area contributed by atoms with Crippen molar-refractivity contribution in [1.82, 2.24) is 19.7 Å². The number of hydrogen-bond acceptors (Lipinski definition) is 7. The summed E-state index contributed by atoms with van der Waals surface area (Å²) in [6.07, 6.45) is 4.71. The van der Waals surface area contributed by atoms with Gasteiger partial charge in [0.1, 0.15) is 6.54 Å². The number of rotatable bonds is 8. The molecule has 1 amide bonds. The van der Waals surface area contributed by atoms with Crippen molar-refractivity contribution >= 4 is 11.6 Å². The molecular formula is C29H34F3N7O. The van der Waals surface area contributed by atoms with E-state index in [9.17, 15) is 23.2 Å². The summed E-state index contributed by atoms with van der Waals surface area (Å²) < 4.78 is 40.6. The van der Waals surface area contributed by atoms with Crippen LogP contribution in [0.5, 0.6) is 0 Å². The molecule has 0 saturated carbocycles. The average molecular weight is 554 g/mol. The number of pyridine rings is 1. The number of fused-ring (bicyclic) bond motifs is 1. The number of nitrogens with zero attached hydrogens (tertiary/aromatic N) is 5. The molecule has 0 aromatic carbocycles. The molecule has 8 nitrogen and oxygen atoms in total. The first-order valence-corrected chi connectivity index (χ1v) is 13.2. The number of carbonyl (C=O) groups is 1. The third kappa shape index (κ3) is 7.44. The molecule has 40 heavy (non-hydrogen) atoms. The van der Waals surface area contributed by atoms with E-state index in [0.717, 1.165) is 26.2 Å². The van der Waals surface area contributed by atoms with Gasteiger partial charge in [0, 0.05) is 50.3 Å². The lowest BCUT2D eigenvalue weighted by atomic mass is 9.86. The summed E-state index contributed by atoms with van der Waals surface area (Å²) in [5, 5.41) is 12.4. The van der Waals surface area contributed by atoms with Gasteiger partial charge in [-0.2, -0.15) is 18.4 Å². The van der Waals surface area contributed by atoms with Crippen LogP contribution in [-0.4, -0.2) is 84.1 Å². The monoisotopic (exact) mass is 553 g/mol. The highest BCUT2D eigenvalue weighted by Gasteiger charge is 2.40. The highest BCUT2D eigenvalue weighted by molar-refractivity contribution is 5.75. The van der Waals surface area contributed by atoms with Crippen LogP contribution in [0.25, 0.3) is 0 Å². The summed E-state index contributed by atoms with van der Waals surface area (Å²) >= 11 is 0. The van der Waals surface area contributed by atoms with Gasteiger partial charge in [0.25, 0.3) is 0 Å². The molecule has 2 atom stereocenters. The number of alkyl halides is 3. The molecule has 2 aliphatic heterocycles. The highest BCUT2D eigenvalue weighted by Crippen LogP contribution is 2.40. The molecule has 3 aliphatic rings. The van der Waals surface area contributed by atoms with Gasteiger partial charge in [-0.05, 0) is 44.1 Å². The first kappa shape index (κ1) is 29.2. The summed E-state index contributed by atoms with van der Waals surface area (Å²) in [4.78, 5) is 21.1. The van der Waals surface area contributed by atoms with E-state index in [0.29, 0.717) is 29.3 Å². The predicted molar refractivity (Wildman–Crippen MR) is 146 cm³/mol. The Morgan fingerprint density at radius 2 is 1.93 bits per heavy atom. The molecule has 3 heterocycles. The Morgan fingerprint density at radius 3 is 2.55 bits per heavy atom. The van der Waals surface area contributed by atoms with Crippen LogP contribution in [-0.2, 0) is 10.2 Å². The standard InChI is InChI=1S/C29H34F3N7O/c1-28(2,19-33)26-9-8-22(16-36-26)35-10-4-6-23-15-24-21(5-3-7-25(24)39(23)20-29(30,31)32)17-37-11-13-38(14-12-37)18-27(34)40/h3,5,7-9,15-16,21,24,35H,10-14,17-18,20H2,1-2H3,(H2,34,40). The quantitative estimate of drug-likeness (QED) is 0.478. The largest absolute Gasteiger partial charge is 0.406 e. The van der Waals surface area contributed by atoms with Crippen LogP contribution in [0.1, 0.15) is 19.5 Å². The fourth-order valence-corrected chi connectivity index (χ4v) is 5.12. The van der Waals surface area contributed by atoms with E-state index < -0.39 is 18.1 Å². The SMILES string of the molecule is CC(C)(C#N)c1ccc(NCC#CC2=CC3C(=CC=CC3CN3CCN(CC(N)=O)CC3)N2CC(F)(F)F)cn1. The van der Waals surface area contributed by atoms with Crippen LogP contribution in [0.2, 0.25) is 0 Å². The lowest BCUT2D eigenvalue weighted by Crippen LogP contribution is -2.50. The summed E-state index contributed by atoms with van der Waals surface area (Å²) in [6.45, 7) is 6.61. The Morgan fingerprint density at radius 1 is 1.20 bits per heavy atom. The topological polar surface area (TPSA) is 102 Å². The lowest BCUT2D eigenvalue weighted by molar-refractivity contribution is -0.138. The number of amides is 1. The number of carbonyl (C=O) groups excluding carboxylic acids is 1. The van der Waals surface area contributed by atoms with E-state index in [1.807, 2.05) is 17.1 Å². The van der Waals surface area contributed by atoms with Crippen LogP contribution >= 0.6 is 0 Å². The van der Waals surface area contributed by atoms with Crippen molar-refractivity contribution < 1.29 is 18.0 Å². The Hall–Kier alpha value is -3.80. The molecule has 0 radical (unpaired) electrons. The van der Waals surface area contributed by atoms with E-state index in [1.165, 1.54) is 4.90 Å². The van der Waals surface area contributed by atoms with Crippen molar-refractivity contribution in [3.05, 3.63) is 59.7 Å². The van der Waals surface area contributed by atoms with Gasteiger partial charge in [-0.3, -0.25) is 14.7 Å². The van der Waals surface area contributed by atoms with Gasteiger partial charge < -0.3 is 20.9 Å². The minimum Gasteiger partial charge on any atom is -0.373 e. The third-order valence-electron chi connectivity index (χ3n) is 7.30. The van der Waals surface area contributed by atoms with Gasteiger partial charge >= 0.3 is 6.18 Å². The van der Waals surface area contributed by atoms with Crippen molar-refractivity contribution in [2.75, 3.05) is 57.7 Å². The summed E-state index contributed by atoms with van der Waals surface area (Å²) in [5.41, 5.74) is 6.91. The maximum absolute atomic E-state index is 13.5. The second-order valence-corrected chi connectivity index (χ2v) is 10.8. The first-order chi connectivity index (χ1) is 18.9. The fraction of sp³-hybridized carbons (Fsp3) is 0.483. The van der Waals surface area contributed by atoms with E-state index >= 15 is 0 Å². The summed E-state index contributed by atoms with van der Waals surface area (Å²) in [7, 11) is 0. The Labute approximate surface area is 233 Å². The lowest BCUT2D eigenvalue weighted by Gasteiger charge is -2.37. The van der Waals surface area contributed by atoms with Crippen LogP contribution in [0, 0.1) is 35.0 Å². The van der Waals surface area contributed by atoms with Gasteiger partial charge in [-0.1, -0.05) is 18.1 Å². The van der Waals surface area contributed by atoms with E-state index in [1.54, 1.807) is 38.3 Å². The number of nitriles is 1. The maximum Gasteiger partial charge on any atom is 0.406 e. The maximum atomic E-state index is 13.5.